The fourth-order valence-electron chi connectivity index (χ4n) is 6.57. The number of benzene rings is 4. The van der Waals surface area contributed by atoms with Gasteiger partial charge in [-0.1, -0.05) is 103 Å². The zero-order valence-electron chi connectivity index (χ0n) is 25.3. The van der Waals surface area contributed by atoms with Gasteiger partial charge in [0.15, 0.2) is 0 Å². The van der Waals surface area contributed by atoms with Crippen LogP contribution in [0.15, 0.2) is 115 Å². The maximum atomic E-state index is 13.6. The van der Waals surface area contributed by atoms with Gasteiger partial charge < -0.3 is 18.9 Å². The van der Waals surface area contributed by atoms with Crippen molar-refractivity contribution in [2.24, 2.45) is 0 Å². The van der Waals surface area contributed by atoms with E-state index in [1.165, 1.54) is 12.1 Å². The zero-order valence-corrected chi connectivity index (χ0v) is 25.3. The quantitative estimate of drug-likeness (QED) is 0.167. The summed E-state index contributed by atoms with van der Waals surface area (Å²) >= 11 is 0. The third-order valence-electron chi connectivity index (χ3n) is 8.82. The van der Waals surface area contributed by atoms with Gasteiger partial charge in [0.1, 0.15) is 24.1 Å². The van der Waals surface area contributed by atoms with Crippen molar-refractivity contribution in [3.05, 3.63) is 143 Å². The molecule has 0 aliphatic carbocycles. The lowest BCUT2D eigenvalue weighted by Crippen LogP contribution is -2.62. The van der Waals surface area contributed by atoms with Crippen molar-refractivity contribution in [3.8, 4) is 0 Å². The van der Waals surface area contributed by atoms with Crippen LogP contribution in [0.25, 0.3) is 0 Å². The molecule has 0 N–H and O–H groups in total. The Hall–Kier alpha value is -3.39. The maximum Gasteiger partial charge on any atom is 0.123 e. The molecule has 4 aromatic rings. The van der Waals surface area contributed by atoms with E-state index in [4.69, 9.17) is 18.9 Å². The van der Waals surface area contributed by atoms with Gasteiger partial charge in [-0.05, 0) is 54.2 Å². The Balaban J connectivity index is 1.25. The van der Waals surface area contributed by atoms with Crippen molar-refractivity contribution in [3.63, 3.8) is 0 Å². The van der Waals surface area contributed by atoms with E-state index in [1.807, 2.05) is 66.7 Å². The Morgan fingerprint density at radius 2 is 1.23 bits per heavy atom. The molecule has 0 spiro atoms. The first-order valence-corrected chi connectivity index (χ1v) is 15.7. The molecule has 44 heavy (non-hydrogen) atoms. The third kappa shape index (κ3) is 7.81. The van der Waals surface area contributed by atoms with E-state index >= 15 is 0 Å². The second-order valence-electron chi connectivity index (χ2n) is 11.9. The Kier molecular flexibility index (Phi) is 10.5. The van der Waals surface area contributed by atoms with Crippen LogP contribution < -0.4 is 0 Å². The lowest BCUT2D eigenvalue weighted by Gasteiger charge is -2.47. The first kappa shape index (κ1) is 30.6. The Bertz CT molecular complexity index is 1410. The van der Waals surface area contributed by atoms with Crippen molar-refractivity contribution in [2.75, 3.05) is 13.2 Å². The van der Waals surface area contributed by atoms with Crippen LogP contribution >= 0.6 is 0 Å². The monoisotopic (exact) mass is 595 g/mol. The largest absolute Gasteiger partial charge is 0.374 e. The fraction of sp³-hybridized carbons (Fsp3) is 0.368. The second-order valence-corrected chi connectivity index (χ2v) is 11.9. The molecule has 6 heteroatoms. The number of nitrogens with zero attached hydrogens (tertiary/aromatic N) is 1. The summed E-state index contributed by atoms with van der Waals surface area (Å²) in [5.74, 6) is -0.211. The predicted octanol–water partition coefficient (Wildman–Crippen LogP) is 6.99. The van der Waals surface area contributed by atoms with Crippen molar-refractivity contribution in [1.82, 2.24) is 4.90 Å². The van der Waals surface area contributed by atoms with Crippen molar-refractivity contribution in [2.45, 2.75) is 76.1 Å². The molecule has 2 aliphatic heterocycles. The van der Waals surface area contributed by atoms with Crippen LogP contribution in [0.3, 0.4) is 0 Å². The van der Waals surface area contributed by atoms with Crippen LogP contribution in [-0.4, -0.2) is 54.6 Å². The molecule has 0 aromatic heterocycles. The van der Waals surface area contributed by atoms with E-state index in [0.29, 0.717) is 32.5 Å². The van der Waals surface area contributed by atoms with Gasteiger partial charge >= 0.3 is 0 Å². The summed E-state index contributed by atoms with van der Waals surface area (Å²) in [5.41, 5.74) is 4.47. The van der Waals surface area contributed by atoms with Crippen LogP contribution in [0, 0.1) is 5.82 Å². The Labute approximate surface area is 260 Å². The predicted molar refractivity (Wildman–Crippen MR) is 169 cm³/mol. The van der Waals surface area contributed by atoms with Gasteiger partial charge in [-0.25, -0.2) is 4.39 Å². The number of halogens is 1. The molecule has 5 nitrogen and oxygen atoms in total. The number of hydrogen-bond acceptors (Lipinski definition) is 5. The smallest absolute Gasteiger partial charge is 0.123 e. The average molecular weight is 596 g/mol. The van der Waals surface area contributed by atoms with Crippen molar-refractivity contribution >= 4 is 0 Å². The first-order chi connectivity index (χ1) is 21.6. The molecular formula is C38H42FNO4. The van der Waals surface area contributed by atoms with Crippen LogP contribution in [0.5, 0.6) is 0 Å². The number of ether oxygens (including phenoxy) is 4. The lowest BCUT2D eigenvalue weighted by molar-refractivity contribution is -0.236. The van der Waals surface area contributed by atoms with E-state index in [9.17, 15) is 4.39 Å². The van der Waals surface area contributed by atoms with Crippen LogP contribution in [0.4, 0.5) is 4.39 Å². The van der Waals surface area contributed by atoms with Crippen LogP contribution in [0.1, 0.15) is 35.6 Å². The van der Waals surface area contributed by atoms with Gasteiger partial charge in [-0.3, -0.25) is 4.90 Å². The molecule has 0 radical (unpaired) electrons. The van der Waals surface area contributed by atoms with Gasteiger partial charge in [0.2, 0.25) is 0 Å². The highest BCUT2D eigenvalue weighted by Crippen LogP contribution is 2.39. The molecule has 2 heterocycles. The van der Waals surface area contributed by atoms with E-state index in [2.05, 4.69) is 48.2 Å². The number of hydrogen-bond donors (Lipinski definition) is 0. The first-order valence-electron chi connectivity index (χ1n) is 15.7. The van der Waals surface area contributed by atoms with Crippen LogP contribution in [-0.2, 0) is 45.2 Å². The molecule has 0 saturated carbocycles. The number of fused-ring (bicyclic) bond motifs is 1. The highest BCUT2D eigenvalue weighted by atomic mass is 19.1. The van der Waals surface area contributed by atoms with Crippen molar-refractivity contribution < 1.29 is 23.3 Å². The van der Waals surface area contributed by atoms with E-state index in [1.54, 1.807) is 0 Å². The molecule has 6 unspecified atom stereocenters. The Morgan fingerprint density at radius 1 is 0.682 bits per heavy atom. The summed E-state index contributed by atoms with van der Waals surface area (Å²) in [6, 6.07) is 37.9. The van der Waals surface area contributed by atoms with E-state index < -0.39 is 0 Å². The summed E-state index contributed by atoms with van der Waals surface area (Å²) in [6.45, 7) is 4.95. The molecule has 2 saturated heterocycles. The molecule has 4 aromatic carbocycles. The highest BCUT2D eigenvalue weighted by molar-refractivity contribution is 5.18. The standard InChI is InChI=1S/C38H42FNO4/c1-28-23-34-36(40(28)22-21-29-17-19-33(39)20-18-29)38(43-26-32-15-9-4-10-16-32)37(42-25-31-13-7-3-8-14-31)35(44-34)27-41-24-30-11-5-2-6-12-30/h2-20,28,34-38H,21-27H2,1H3. The topological polar surface area (TPSA) is 40.2 Å². The molecule has 230 valence electrons. The van der Waals surface area contributed by atoms with Crippen molar-refractivity contribution in [1.29, 1.82) is 0 Å². The number of likely N-dealkylation sites (tertiary alicyclic amines) is 1. The van der Waals surface area contributed by atoms with E-state index in [-0.39, 0.29) is 36.3 Å². The molecule has 0 bridgehead atoms. The fourth-order valence-corrected chi connectivity index (χ4v) is 6.57. The normalized spacial score (nSPS) is 25.1. The third-order valence-corrected chi connectivity index (χ3v) is 8.82. The van der Waals surface area contributed by atoms with Gasteiger partial charge in [0, 0.05) is 12.6 Å². The minimum Gasteiger partial charge on any atom is -0.374 e. The van der Waals surface area contributed by atoms with Gasteiger partial charge in [-0.2, -0.15) is 0 Å². The summed E-state index contributed by atoms with van der Waals surface area (Å²) in [4.78, 5) is 2.52. The minimum atomic E-state index is -0.338. The van der Waals surface area contributed by atoms with Gasteiger partial charge in [0.05, 0.1) is 38.6 Å². The zero-order chi connectivity index (χ0) is 30.1. The SMILES string of the molecule is CC1CC2OC(COCc3ccccc3)C(OCc3ccccc3)C(OCc3ccccc3)C2N1CCc1ccc(F)cc1. The maximum absolute atomic E-state index is 13.6. The average Bonchev–Trinajstić information content (AvgIpc) is 3.38. The van der Waals surface area contributed by atoms with Gasteiger partial charge in [-0.15, -0.1) is 0 Å². The van der Waals surface area contributed by atoms with E-state index in [0.717, 1.165) is 41.6 Å². The molecule has 2 aliphatic rings. The minimum absolute atomic E-state index is 0.0131. The summed E-state index contributed by atoms with van der Waals surface area (Å²) < 4.78 is 40.4. The molecule has 0 amide bonds. The summed E-state index contributed by atoms with van der Waals surface area (Å²) in [5, 5.41) is 0. The second kappa shape index (κ2) is 15.1. The molecule has 6 rings (SSSR count). The number of rotatable bonds is 13. The summed E-state index contributed by atoms with van der Waals surface area (Å²) in [6.07, 6.45) is 0.850. The summed E-state index contributed by atoms with van der Waals surface area (Å²) in [7, 11) is 0. The molecule has 2 fully saturated rings. The van der Waals surface area contributed by atoms with Crippen LogP contribution in [0.2, 0.25) is 0 Å². The Morgan fingerprint density at radius 3 is 1.82 bits per heavy atom. The molecular weight excluding hydrogens is 553 g/mol. The molecule has 6 atom stereocenters. The van der Waals surface area contributed by atoms with Gasteiger partial charge in [0.25, 0.3) is 0 Å². The highest BCUT2D eigenvalue weighted by Gasteiger charge is 2.54. The lowest BCUT2D eigenvalue weighted by atomic mass is 9.92.